The van der Waals surface area contributed by atoms with Gasteiger partial charge >= 0.3 is 0 Å². The molecule has 1 aromatic carbocycles. The van der Waals surface area contributed by atoms with E-state index in [4.69, 9.17) is 27.9 Å². The van der Waals surface area contributed by atoms with Gasteiger partial charge in [0.2, 0.25) is 11.8 Å². The number of imide groups is 1. The van der Waals surface area contributed by atoms with Crippen molar-refractivity contribution >= 4 is 40.8 Å². The van der Waals surface area contributed by atoms with Crippen molar-refractivity contribution in [1.82, 2.24) is 9.78 Å². The molecule has 3 aliphatic heterocycles. The molecule has 6 nitrogen and oxygen atoms in total. The van der Waals surface area contributed by atoms with Gasteiger partial charge in [0.1, 0.15) is 5.02 Å². The number of anilines is 1. The van der Waals surface area contributed by atoms with E-state index >= 15 is 0 Å². The molecule has 3 fully saturated rings. The third-order valence-electron chi connectivity index (χ3n) is 5.49. The highest BCUT2D eigenvalue weighted by atomic mass is 35.5. The molecule has 2 aromatic rings. The Labute approximate surface area is 159 Å². The molecule has 0 spiro atoms. The van der Waals surface area contributed by atoms with Crippen LogP contribution in [0, 0.1) is 11.8 Å². The average Bonchev–Trinajstić information content (AvgIpc) is 3.35. The van der Waals surface area contributed by atoms with E-state index < -0.39 is 11.8 Å². The number of halogens is 2. The second-order valence-corrected chi connectivity index (χ2v) is 7.76. The first-order chi connectivity index (χ1) is 12.5. The lowest BCUT2D eigenvalue weighted by molar-refractivity contribution is -0.124. The van der Waals surface area contributed by atoms with Gasteiger partial charge in [0.15, 0.2) is 5.82 Å². The second kappa shape index (κ2) is 5.81. The van der Waals surface area contributed by atoms with E-state index in [9.17, 15) is 9.59 Å². The maximum atomic E-state index is 12.9. The Kier molecular flexibility index (Phi) is 3.64. The number of carbonyl (C=O) groups is 2. The summed E-state index contributed by atoms with van der Waals surface area (Å²) in [5.41, 5.74) is 0.877. The molecule has 0 aliphatic carbocycles. The van der Waals surface area contributed by atoms with Crippen LogP contribution < -0.4 is 4.90 Å². The molecule has 8 heteroatoms. The molecule has 0 unspecified atom stereocenters. The van der Waals surface area contributed by atoms with Crippen molar-refractivity contribution in [2.45, 2.75) is 31.6 Å². The maximum Gasteiger partial charge on any atom is 0.241 e. The van der Waals surface area contributed by atoms with E-state index in [1.54, 1.807) is 16.9 Å². The fourth-order valence-corrected chi connectivity index (χ4v) is 4.77. The molecule has 134 valence electrons. The third-order valence-corrected chi connectivity index (χ3v) is 6.12. The molecule has 0 radical (unpaired) electrons. The number of fused-ring (bicyclic) bond motifs is 5. The molecular weight excluding hydrogens is 377 g/mol. The highest BCUT2D eigenvalue weighted by Crippen LogP contribution is 2.49. The number of rotatable bonds is 3. The Morgan fingerprint density at radius 1 is 1.04 bits per heavy atom. The van der Waals surface area contributed by atoms with Crippen LogP contribution in [-0.4, -0.2) is 33.8 Å². The standard InChI is InChI=1S/C18H15Cl2N3O3/c19-10-4-2-1-3-9(10)7-22-8-11(20)16(21-22)23-17(24)14-12-5-6-13(26-12)15(14)18(23)25/h1-4,8,12-15H,5-7H2/t12-,13+,14-,15+. The summed E-state index contributed by atoms with van der Waals surface area (Å²) < 4.78 is 7.35. The molecule has 2 amide bonds. The minimum absolute atomic E-state index is 0.157. The minimum Gasteiger partial charge on any atom is -0.373 e. The molecule has 3 aliphatic rings. The molecule has 0 N–H and O–H groups in total. The first-order valence-electron chi connectivity index (χ1n) is 8.54. The van der Waals surface area contributed by atoms with Crippen LogP contribution in [0.25, 0.3) is 0 Å². The topological polar surface area (TPSA) is 64.4 Å². The molecule has 26 heavy (non-hydrogen) atoms. The van der Waals surface area contributed by atoms with Gasteiger partial charge in [-0.05, 0) is 24.5 Å². The van der Waals surface area contributed by atoms with Crippen molar-refractivity contribution in [3.63, 3.8) is 0 Å². The summed E-state index contributed by atoms with van der Waals surface area (Å²) in [4.78, 5) is 26.9. The minimum atomic E-state index is -0.397. The fourth-order valence-electron chi connectivity index (χ4n) is 4.34. The number of hydrogen-bond acceptors (Lipinski definition) is 4. The van der Waals surface area contributed by atoms with Gasteiger partial charge in [0, 0.05) is 11.2 Å². The zero-order chi connectivity index (χ0) is 18.0. The predicted octanol–water partition coefficient (Wildman–Crippen LogP) is 2.91. The summed E-state index contributed by atoms with van der Waals surface area (Å²) in [5.74, 6) is -1.10. The Morgan fingerprint density at radius 2 is 1.69 bits per heavy atom. The van der Waals surface area contributed by atoms with Crippen LogP contribution in [0.4, 0.5) is 5.82 Å². The van der Waals surface area contributed by atoms with Crippen molar-refractivity contribution in [1.29, 1.82) is 0 Å². The van der Waals surface area contributed by atoms with E-state index in [1.807, 2.05) is 18.2 Å². The molecule has 2 bridgehead atoms. The monoisotopic (exact) mass is 391 g/mol. The van der Waals surface area contributed by atoms with Gasteiger partial charge in [-0.25, -0.2) is 4.90 Å². The highest BCUT2D eigenvalue weighted by Gasteiger charge is 2.63. The van der Waals surface area contributed by atoms with Crippen molar-refractivity contribution < 1.29 is 14.3 Å². The average molecular weight is 392 g/mol. The van der Waals surface area contributed by atoms with Crippen LogP contribution in [0.15, 0.2) is 30.5 Å². The lowest BCUT2D eigenvalue weighted by Crippen LogP contribution is -2.34. The number of amides is 2. The summed E-state index contributed by atoms with van der Waals surface area (Å²) in [7, 11) is 0. The fraction of sp³-hybridized carbons (Fsp3) is 0.389. The van der Waals surface area contributed by atoms with Gasteiger partial charge in [-0.1, -0.05) is 41.4 Å². The van der Waals surface area contributed by atoms with E-state index in [0.29, 0.717) is 11.6 Å². The van der Waals surface area contributed by atoms with Crippen LogP contribution in [0.1, 0.15) is 18.4 Å². The van der Waals surface area contributed by atoms with Crippen LogP contribution in [0.2, 0.25) is 10.0 Å². The quantitative estimate of drug-likeness (QED) is 0.754. The zero-order valence-electron chi connectivity index (χ0n) is 13.6. The van der Waals surface area contributed by atoms with Crippen LogP contribution >= 0.6 is 23.2 Å². The summed E-state index contributed by atoms with van der Waals surface area (Å²) >= 11 is 12.5. The number of carbonyl (C=O) groups excluding carboxylic acids is 2. The molecule has 0 saturated carbocycles. The summed E-state index contributed by atoms with van der Waals surface area (Å²) in [5, 5.41) is 5.29. The largest absolute Gasteiger partial charge is 0.373 e. The van der Waals surface area contributed by atoms with Crippen LogP contribution in [0.3, 0.4) is 0 Å². The van der Waals surface area contributed by atoms with Gasteiger partial charge in [-0.15, -0.1) is 0 Å². The molecule has 4 atom stereocenters. The van der Waals surface area contributed by atoms with Gasteiger partial charge in [-0.2, -0.15) is 5.10 Å². The SMILES string of the molecule is O=C1[C@@H]2[C@H](C(=O)N1c1nn(Cc3ccccc3Cl)cc1Cl)[C@H]1CC[C@@H]2O1. The predicted molar refractivity (Wildman–Crippen MR) is 95.2 cm³/mol. The zero-order valence-corrected chi connectivity index (χ0v) is 15.2. The summed E-state index contributed by atoms with van der Waals surface area (Å²) in [6, 6.07) is 7.43. The summed E-state index contributed by atoms with van der Waals surface area (Å²) in [6.07, 6.45) is 2.95. The van der Waals surface area contributed by atoms with E-state index in [1.165, 1.54) is 0 Å². The van der Waals surface area contributed by atoms with E-state index in [0.717, 1.165) is 23.3 Å². The Balaban J connectivity index is 1.46. The Morgan fingerprint density at radius 3 is 2.35 bits per heavy atom. The van der Waals surface area contributed by atoms with Crippen molar-refractivity contribution in [2.24, 2.45) is 11.8 Å². The maximum absolute atomic E-state index is 12.9. The molecule has 5 rings (SSSR count). The van der Waals surface area contributed by atoms with Gasteiger partial charge in [0.05, 0.1) is 30.6 Å². The molecule has 4 heterocycles. The number of ether oxygens (including phenoxy) is 1. The first-order valence-corrected chi connectivity index (χ1v) is 9.30. The van der Waals surface area contributed by atoms with Gasteiger partial charge in [0.25, 0.3) is 0 Å². The number of benzene rings is 1. The van der Waals surface area contributed by atoms with E-state index in [-0.39, 0.29) is 34.9 Å². The first kappa shape index (κ1) is 16.3. The Hall–Kier alpha value is -1.89. The summed E-state index contributed by atoms with van der Waals surface area (Å²) in [6.45, 7) is 0.400. The van der Waals surface area contributed by atoms with Crippen LogP contribution in [-0.2, 0) is 20.9 Å². The van der Waals surface area contributed by atoms with Crippen LogP contribution in [0.5, 0.6) is 0 Å². The molecular formula is C18H15Cl2N3O3. The number of hydrogen-bond donors (Lipinski definition) is 0. The van der Waals surface area contributed by atoms with Crippen molar-refractivity contribution in [3.8, 4) is 0 Å². The second-order valence-electron chi connectivity index (χ2n) is 6.94. The van der Waals surface area contributed by atoms with Gasteiger partial charge < -0.3 is 4.74 Å². The Bertz CT molecular complexity index is 900. The molecule has 1 aromatic heterocycles. The highest BCUT2D eigenvalue weighted by molar-refractivity contribution is 6.35. The van der Waals surface area contributed by atoms with Crippen molar-refractivity contribution in [2.75, 3.05) is 4.90 Å². The van der Waals surface area contributed by atoms with Crippen molar-refractivity contribution in [3.05, 3.63) is 46.1 Å². The lowest BCUT2D eigenvalue weighted by atomic mass is 9.81. The smallest absolute Gasteiger partial charge is 0.241 e. The lowest BCUT2D eigenvalue weighted by Gasteiger charge is -2.15. The number of nitrogens with zero attached hydrogens (tertiary/aromatic N) is 3. The van der Waals surface area contributed by atoms with E-state index in [2.05, 4.69) is 5.10 Å². The molecule has 3 saturated heterocycles. The number of aromatic nitrogens is 2. The normalized spacial score (nSPS) is 29.7. The third kappa shape index (κ3) is 2.25. The van der Waals surface area contributed by atoms with Gasteiger partial charge in [-0.3, -0.25) is 14.3 Å².